The first-order valence-corrected chi connectivity index (χ1v) is 3.21. The lowest BCUT2D eigenvalue weighted by atomic mass is 10.4. The van der Waals surface area contributed by atoms with Gasteiger partial charge in [0.05, 0.1) is 0 Å². The van der Waals surface area contributed by atoms with Gasteiger partial charge in [-0.05, 0) is 19.9 Å². The molecule has 0 aliphatic rings. The van der Waals surface area contributed by atoms with Crippen LogP contribution in [0.15, 0.2) is 24.0 Å². The zero-order valence-electron chi connectivity index (χ0n) is 5.93. The van der Waals surface area contributed by atoms with Gasteiger partial charge in [-0.2, -0.15) is 0 Å². The largest absolute Gasteiger partial charge is 0.419 e. The molecule has 0 aliphatic heterocycles. The topological polar surface area (TPSA) is 26.3 Å². The van der Waals surface area contributed by atoms with Crippen LogP contribution in [0.4, 0.5) is 4.79 Å². The third-order valence-corrected chi connectivity index (χ3v) is 0.842. The number of allylic oxidation sites excluding steroid dienone is 4. The van der Waals surface area contributed by atoms with E-state index < -0.39 is 5.43 Å². The lowest BCUT2D eigenvalue weighted by molar-refractivity contribution is 0.203. The summed E-state index contributed by atoms with van der Waals surface area (Å²) in [6.07, 6.45) is 5.24. The fourth-order valence-electron chi connectivity index (χ4n) is 0.392. The molecule has 0 amide bonds. The van der Waals surface area contributed by atoms with Crippen LogP contribution in [0.1, 0.15) is 13.8 Å². The first kappa shape index (κ1) is 9.24. The van der Waals surface area contributed by atoms with E-state index in [0.29, 0.717) is 5.76 Å². The van der Waals surface area contributed by atoms with E-state index in [1.807, 2.05) is 13.0 Å². The molecule has 0 unspecified atom stereocenters. The van der Waals surface area contributed by atoms with Crippen LogP contribution >= 0.6 is 11.6 Å². The molecule has 3 heteroatoms. The summed E-state index contributed by atoms with van der Waals surface area (Å²) in [6.45, 7) is 3.52. The average Bonchev–Trinajstić information content (AvgIpc) is 1.82. The number of hydrogen-bond donors (Lipinski definition) is 0. The number of halogens is 1. The summed E-state index contributed by atoms with van der Waals surface area (Å²) in [4.78, 5) is 10.1. The lowest BCUT2D eigenvalue weighted by Crippen LogP contribution is -1.89. The molecule has 0 N–H and O–H groups in total. The van der Waals surface area contributed by atoms with Crippen LogP contribution in [0.25, 0.3) is 0 Å². The fraction of sp³-hybridized carbons (Fsp3) is 0.286. The summed E-state index contributed by atoms with van der Waals surface area (Å²) in [7, 11) is 0. The normalized spacial score (nSPS) is 12.1. The van der Waals surface area contributed by atoms with Crippen molar-refractivity contribution in [2.24, 2.45) is 0 Å². The lowest BCUT2D eigenvalue weighted by Gasteiger charge is -1.94. The Labute approximate surface area is 65.1 Å². The number of carbonyl (C=O) groups is 1. The van der Waals surface area contributed by atoms with Crippen molar-refractivity contribution in [3.63, 3.8) is 0 Å². The molecule has 2 nitrogen and oxygen atoms in total. The van der Waals surface area contributed by atoms with Gasteiger partial charge in [-0.15, -0.1) is 0 Å². The van der Waals surface area contributed by atoms with Crippen LogP contribution in [0.2, 0.25) is 0 Å². The molecule has 0 fully saturated rings. The molecule has 0 aliphatic carbocycles. The van der Waals surface area contributed by atoms with Crippen LogP contribution < -0.4 is 0 Å². The summed E-state index contributed by atoms with van der Waals surface area (Å²) in [5, 5.41) is 0. The summed E-state index contributed by atoms with van der Waals surface area (Å²) in [5.74, 6) is 0.484. The molecule has 0 saturated heterocycles. The highest BCUT2D eigenvalue weighted by Gasteiger charge is 1.94. The molecule has 0 saturated carbocycles. The number of ether oxygens (including phenoxy) is 1. The Morgan fingerprint density at radius 1 is 1.60 bits per heavy atom. The molecule has 0 bridgehead atoms. The molecule has 0 aromatic heterocycles. The van der Waals surface area contributed by atoms with Crippen molar-refractivity contribution in [3.05, 3.63) is 24.0 Å². The van der Waals surface area contributed by atoms with Gasteiger partial charge in [-0.25, -0.2) is 4.79 Å². The Kier molecular flexibility index (Phi) is 4.67. The second-order valence-electron chi connectivity index (χ2n) is 1.64. The second-order valence-corrected chi connectivity index (χ2v) is 1.95. The van der Waals surface area contributed by atoms with Gasteiger partial charge in [-0.1, -0.05) is 12.2 Å². The maximum atomic E-state index is 10.1. The minimum absolute atomic E-state index is 0.484. The van der Waals surface area contributed by atoms with E-state index >= 15 is 0 Å². The van der Waals surface area contributed by atoms with Crippen molar-refractivity contribution in [3.8, 4) is 0 Å². The standard InChI is InChI=1S/C7H9ClO2/c1-3-4-5-6(2)10-7(8)9/h3-5H,1-2H3. The quantitative estimate of drug-likeness (QED) is 0.353. The molecule has 0 heterocycles. The molecular formula is C7H9ClO2. The monoisotopic (exact) mass is 160 g/mol. The van der Waals surface area contributed by atoms with Gasteiger partial charge in [0.2, 0.25) is 0 Å². The minimum Gasteiger partial charge on any atom is -0.419 e. The number of carbonyl (C=O) groups excluding carboxylic acids is 1. The zero-order chi connectivity index (χ0) is 7.98. The number of hydrogen-bond acceptors (Lipinski definition) is 2. The van der Waals surface area contributed by atoms with Crippen LogP contribution in [0.3, 0.4) is 0 Å². The second kappa shape index (κ2) is 5.06. The van der Waals surface area contributed by atoms with Crippen molar-refractivity contribution >= 4 is 17.0 Å². The maximum absolute atomic E-state index is 10.1. The maximum Gasteiger partial charge on any atom is 0.408 e. The smallest absolute Gasteiger partial charge is 0.408 e. The zero-order valence-corrected chi connectivity index (χ0v) is 6.68. The SMILES string of the molecule is CC=CC=C(C)OC(=O)Cl. The third kappa shape index (κ3) is 5.38. The predicted octanol–water partition coefficient (Wildman–Crippen LogP) is 2.84. The van der Waals surface area contributed by atoms with Gasteiger partial charge in [0.15, 0.2) is 0 Å². The van der Waals surface area contributed by atoms with E-state index in [-0.39, 0.29) is 0 Å². The van der Waals surface area contributed by atoms with Crippen LogP contribution in [-0.2, 0) is 4.74 Å². The minimum atomic E-state index is -0.807. The summed E-state index contributed by atoms with van der Waals surface area (Å²) in [6, 6.07) is 0. The highest BCUT2D eigenvalue weighted by molar-refractivity contribution is 6.61. The summed E-state index contributed by atoms with van der Waals surface area (Å²) < 4.78 is 4.49. The Bertz CT molecular complexity index is 170. The van der Waals surface area contributed by atoms with Crippen LogP contribution in [0, 0.1) is 0 Å². The molecule has 0 atom stereocenters. The Hall–Kier alpha value is -0.760. The average molecular weight is 161 g/mol. The van der Waals surface area contributed by atoms with Crippen LogP contribution in [0.5, 0.6) is 0 Å². The van der Waals surface area contributed by atoms with Crippen molar-refractivity contribution < 1.29 is 9.53 Å². The first-order valence-electron chi connectivity index (χ1n) is 2.83. The molecule has 0 spiro atoms. The highest BCUT2D eigenvalue weighted by atomic mass is 35.5. The molecule has 0 aromatic carbocycles. The van der Waals surface area contributed by atoms with E-state index in [2.05, 4.69) is 4.74 Å². The van der Waals surface area contributed by atoms with Gasteiger partial charge < -0.3 is 4.74 Å². The predicted molar refractivity (Wildman–Crippen MR) is 40.9 cm³/mol. The van der Waals surface area contributed by atoms with E-state index in [0.717, 1.165) is 0 Å². The number of rotatable bonds is 2. The third-order valence-electron chi connectivity index (χ3n) is 0.765. The van der Waals surface area contributed by atoms with Gasteiger partial charge in [0, 0.05) is 11.6 Å². The van der Waals surface area contributed by atoms with Gasteiger partial charge in [0.1, 0.15) is 5.76 Å². The van der Waals surface area contributed by atoms with E-state index in [4.69, 9.17) is 11.6 Å². The first-order chi connectivity index (χ1) is 4.66. The fourth-order valence-corrected chi connectivity index (χ4v) is 0.514. The van der Waals surface area contributed by atoms with E-state index in [1.165, 1.54) is 0 Å². The van der Waals surface area contributed by atoms with Crippen molar-refractivity contribution in [2.75, 3.05) is 0 Å². The Morgan fingerprint density at radius 3 is 2.60 bits per heavy atom. The molecule has 0 radical (unpaired) electrons. The van der Waals surface area contributed by atoms with Crippen molar-refractivity contribution in [1.82, 2.24) is 0 Å². The van der Waals surface area contributed by atoms with E-state index in [9.17, 15) is 4.79 Å². The summed E-state index contributed by atoms with van der Waals surface area (Å²) in [5.41, 5.74) is -0.807. The van der Waals surface area contributed by atoms with E-state index in [1.54, 1.807) is 19.1 Å². The van der Waals surface area contributed by atoms with Crippen LogP contribution in [-0.4, -0.2) is 5.43 Å². The molecule has 0 aromatic rings. The van der Waals surface area contributed by atoms with Gasteiger partial charge in [0.25, 0.3) is 0 Å². The molecule has 10 heavy (non-hydrogen) atoms. The highest BCUT2D eigenvalue weighted by Crippen LogP contribution is 1.99. The van der Waals surface area contributed by atoms with Crippen molar-refractivity contribution in [2.45, 2.75) is 13.8 Å². The molecule has 0 rings (SSSR count). The van der Waals surface area contributed by atoms with Gasteiger partial charge in [-0.3, -0.25) is 0 Å². The Morgan fingerprint density at radius 2 is 2.20 bits per heavy atom. The Balaban J connectivity index is 3.82. The molecular weight excluding hydrogens is 152 g/mol. The van der Waals surface area contributed by atoms with Crippen molar-refractivity contribution in [1.29, 1.82) is 0 Å². The summed E-state index contributed by atoms with van der Waals surface area (Å²) >= 11 is 4.93. The van der Waals surface area contributed by atoms with Gasteiger partial charge >= 0.3 is 5.43 Å². The molecule has 56 valence electrons.